The molecule has 0 spiro atoms. The molecule has 0 bridgehead atoms. The van der Waals surface area contributed by atoms with E-state index < -0.39 is 10.0 Å². The Morgan fingerprint density at radius 1 is 1.21 bits per heavy atom. The molecule has 0 aliphatic carbocycles. The third kappa shape index (κ3) is 3.47. The summed E-state index contributed by atoms with van der Waals surface area (Å²) < 4.78 is 34.4. The Bertz CT molecular complexity index is 1280. The Balaban J connectivity index is 1.65. The molecule has 4 aromatic rings. The first kappa shape index (κ1) is 18.8. The van der Waals surface area contributed by atoms with Crippen LogP contribution in [0.25, 0.3) is 17.1 Å². The third-order valence-electron chi connectivity index (χ3n) is 3.87. The van der Waals surface area contributed by atoms with Gasteiger partial charge in [-0.25, -0.2) is 13.1 Å². The van der Waals surface area contributed by atoms with Gasteiger partial charge in [0.15, 0.2) is 17.3 Å². The summed E-state index contributed by atoms with van der Waals surface area (Å²) >= 11 is 11.9. The highest BCUT2D eigenvalue weighted by Crippen LogP contribution is 2.25. The Morgan fingerprint density at radius 3 is 2.79 bits per heavy atom. The fourth-order valence-electron chi connectivity index (χ4n) is 2.58. The van der Waals surface area contributed by atoms with E-state index >= 15 is 0 Å². The summed E-state index contributed by atoms with van der Waals surface area (Å²) in [6.07, 6.45) is 1.71. The van der Waals surface area contributed by atoms with E-state index in [1.165, 1.54) is 18.2 Å². The summed E-state index contributed by atoms with van der Waals surface area (Å²) in [5.41, 5.74) is 1.05. The van der Waals surface area contributed by atoms with Crippen LogP contribution < -0.4 is 4.72 Å². The van der Waals surface area contributed by atoms with Crippen molar-refractivity contribution in [3.8, 4) is 11.5 Å². The van der Waals surface area contributed by atoms with Crippen molar-refractivity contribution in [1.29, 1.82) is 0 Å². The first-order valence-corrected chi connectivity index (χ1v) is 10.2. The lowest BCUT2D eigenvalue weighted by atomic mass is 10.2. The van der Waals surface area contributed by atoms with Gasteiger partial charge in [0, 0.05) is 11.2 Å². The second-order valence-corrected chi connectivity index (χ2v) is 8.36. The molecule has 0 saturated carbocycles. The maximum atomic E-state index is 12.6. The first-order valence-electron chi connectivity index (χ1n) is 7.93. The van der Waals surface area contributed by atoms with E-state index in [0.29, 0.717) is 28.8 Å². The van der Waals surface area contributed by atoms with Crippen LogP contribution in [-0.2, 0) is 16.6 Å². The molecule has 0 aliphatic rings. The highest BCUT2D eigenvalue weighted by atomic mass is 35.5. The molecule has 28 heavy (non-hydrogen) atoms. The molecule has 0 radical (unpaired) electrons. The van der Waals surface area contributed by atoms with Gasteiger partial charge in [-0.15, -0.1) is 10.2 Å². The molecule has 1 N–H and O–H groups in total. The quantitative estimate of drug-likeness (QED) is 0.508. The van der Waals surface area contributed by atoms with Gasteiger partial charge < -0.3 is 4.52 Å². The van der Waals surface area contributed by atoms with Crippen LogP contribution in [0.3, 0.4) is 0 Å². The zero-order valence-corrected chi connectivity index (χ0v) is 16.6. The number of halogens is 2. The zero-order valence-electron chi connectivity index (χ0n) is 14.3. The van der Waals surface area contributed by atoms with E-state index in [1.807, 2.05) is 0 Å². The average molecular weight is 439 g/mol. The number of nitrogens with one attached hydrogen (secondary N) is 1. The molecule has 144 valence electrons. The number of nitrogens with zero attached hydrogens (tertiary/aromatic N) is 5. The Kier molecular flexibility index (Phi) is 4.79. The van der Waals surface area contributed by atoms with Crippen molar-refractivity contribution in [2.75, 3.05) is 0 Å². The fourth-order valence-corrected chi connectivity index (χ4v) is 4.32. The van der Waals surface area contributed by atoms with Crippen LogP contribution in [0, 0.1) is 6.92 Å². The number of hydrogen-bond acceptors (Lipinski definition) is 7. The third-order valence-corrected chi connectivity index (χ3v) is 5.98. The smallest absolute Gasteiger partial charge is 0.261 e. The molecule has 0 saturated heterocycles. The van der Waals surface area contributed by atoms with E-state index in [4.69, 9.17) is 27.7 Å². The average Bonchev–Trinajstić information content (AvgIpc) is 3.28. The molecule has 3 heterocycles. The van der Waals surface area contributed by atoms with Crippen molar-refractivity contribution in [3.63, 3.8) is 0 Å². The minimum Gasteiger partial charge on any atom is -0.334 e. The molecule has 0 fully saturated rings. The Hall–Kier alpha value is -2.53. The topological polar surface area (TPSA) is 115 Å². The van der Waals surface area contributed by atoms with Gasteiger partial charge in [-0.1, -0.05) is 28.4 Å². The number of benzene rings is 1. The SMILES string of the molecule is Cc1noc(-c2cccn3c(CNS(=O)(=O)c4cc(Cl)ccc4Cl)nnc23)n1. The Morgan fingerprint density at radius 2 is 2.04 bits per heavy atom. The molecular formula is C16H12Cl2N6O3S. The minimum absolute atomic E-state index is 0.0667. The second-order valence-electron chi connectivity index (χ2n) is 5.78. The maximum Gasteiger partial charge on any atom is 0.261 e. The normalized spacial score (nSPS) is 12.0. The van der Waals surface area contributed by atoms with Crippen molar-refractivity contribution in [2.24, 2.45) is 0 Å². The van der Waals surface area contributed by atoms with Crippen LogP contribution in [0.4, 0.5) is 0 Å². The molecule has 9 nitrogen and oxygen atoms in total. The number of aryl methyl sites for hydroxylation is 1. The van der Waals surface area contributed by atoms with Crippen LogP contribution in [0.15, 0.2) is 45.9 Å². The highest BCUT2D eigenvalue weighted by Gasteiger charge is 2.20. The standard InChI is InChI=1S/C16H12Cl2N6O3S/c1-9-20-16(27-23-9)11-3-2-6-24-14(21-22-15(11)24)8-19-28(25,26)13-7-10(17)4-5-12(13)18/h2-7,19H,8H2,1H3. The van der Waals surface area contributed by atoms with Crippen molar-refractivity contribution in [1.82, 2.24) is 29.5 Å². The van der Waals surface area contributed by atoms with Gasteiger partial charge in [0.1, 0.15) is 4.90 Å². The van der Waals surface area contributed by atoms with Gasteiger partial charge >= 0.3 is 0 Å². The summed E-state index contributed by atoms with van der Waals surface area (Å²) in [6, 6.07) is 7.72. The molecule has 12 heteroatoms. The van der Waals surface area contributed by atoms with Gasteiger partial charge in [0.2, 0.25) is 10.0 Å². The van der Waals surface area contributed by atoms with Gasteiger partial charge in [-0.05, 0) is 37.3 Å². The van der Waals surface area contributed by atoms with E-state index in [2.05, 4.69) is 25.1 Å². The predicted molar refractivity (Wildman–Crippen MR) is 102 cm³/mol. The molecule has 0 atom stereocenters. The highest BCUT2D eigenvalue weighted by molar-refractivity contribution is 7.89. The monoisotopic (exact) mass is 438 g/mol. The number of aromatic nitrogens is 5. The fraction of sp³-hybridized carbons (Fsp3) is 0.125. The van der Waals surface area contributed by atoms with Crippen LogP contribution in [0.1, 0.15) is 11.6 Å². The van der Waals surface area contributed by atoms with E-state index in [-0.39, 0.29) is 21.5 Å². The molecule has 0 amide bonds. The van der Waals surface area contributed by atoms with Gasteiger partial charge in [-0.2, -0.15) is 4.98 Å². The number of fused-ring (bicyclic) bond motifs is 1. The van der Waals surface area contributed by atoms with Crippen LogP contribution in [-0.4, -0.2) is 33.2 Å². The van der Waals surface area contributed by atoms with Crippen molar-refractivity contribution < 1.29 is 12.9 Å². The van der Waals surface area contributed by atoms with Crippen molar-refractivity contribution in [2.45, 2.75) is 18.4 Å². The maximum absolute atomic E-state index is 12.6. The lowest BCUT2D eigenvalue weighted by Crippen LogP contribution is -2.24. The van der Waals surface area contributed by atoms with Crippen LogP contribution in [0.2, 0.25) is 10.0 Å². The predicted octanol–water partition coefficient (Wildman–Crippen LogP) is 2.87. The minimum atomic E-state index is -3.91. The molecular weight excluding hydrogens is 427 g/mol. The zero-order chi connectivity index (χ0) is 19.9. The number of sulfonamides is 1. The van der Waals surface area contributed by atoms with Gasteiger partial charge in [0.25, 0.3) is 5.89 Å². The molecule has 0 unspecified atom stereocenters. The van der Waals surface area contributed by atoms with Crippen molar-refractivity contribution >= 4 is 38.9 Å². The molecule has 1 aromatic carbocycles. The lowest BCUT2D eigenvalue weighted by Gasteiger charge is -2.08. The summed E-state index contributed by atoms with van der Waals surface area (Å²) in [5, 5.41) is 12.3. The van der Waals surface area contributed by atoms with Gasteiger partial charge in [0.05, 0.1) is 17.1 Å². The van der Waals surface area contributed by atoms with Gasteiger partial charge in [-0.3, -0.25) is 4.40 Å². The number of rotatable bonds is 5. The molecule has 0 aliphatic heterocycles. The van der Waals surface area contributed by atoms with E-state index in [1.54, 1.807) is 29.7 Å². The summed E-state index contributed by atoms with van der Waals surface area (Å²) in [5.74, 6) is 1.16. The van der Waals surface area contributed by atoms with E-state index in [0.717, 1.165) is 0 Å². The Labute approximate surface area is 169 Å². The lowest BCUT2D eigenvalue weighted by molar-refractivity contribution is 0.426. The number of hydrogen-bond donors (Lipinski definition) is 1. The van der Waals surface area contributed by atoms with Crippen LogP contribution >= 0.6 is 23.2 Å². The van der Waals surface area contributed by atoms with Crippen molar-refractivity contribution in [3.05, 3.63) is 58.2 Å². The summed E-state index contributed by atoms with van der Waals surface area (Å²) in [4.78, 5) is 4.07. The largest absolute Gasteiger partial charge is 0.334 e. The summed E-state index contributed by atoms with van der Waals surface area (Å²) in [7, 11) is -3.91. The summed E-state index contributed by atoms with van der Waals surface area (Å²) in [6.45, 7) is 1.59. The number of pyridine rings is 1. The molecule has 3 aromatic heterocycles. The molecule has 4 rings (SSSR count). The first-order chi connectivity index (χ1) is 13.3. The van der Waals surface area contributed by atoms with Crippen LogP contribution in [0.5, 0.6) is 0 Å². The van der Waals surface area contributed by atoms with E-state index in [9.17, 15) is 8.42 Å². The second kappa shape index (κ2) is 7.13.